The molecule has 20 heavy (non-hydrogen) atoms. The number of aromatic carboxylic acids is 1. The minimum atomic E-state index is -4.18. The molecule has 1 aliphatic rings. The van der Waals surface area contributed by atoms with Crippen LogP contribution >= 0.6 is 0 Å². The Hall–Kier alpha value is -1.56. The second-order valence-electron chi connectivity index (χ2n) is 5.08. The van der Waals surface area contributed by atoms with Crippen molar-refractivity contribution in [3.8, 4) is 0 Å². The summed E-state index contributed by atoms with van der Waals surface area (Å²) in [4.78, 5) is 12.8. The van der Waals surface area contributed by atoms with Crippen LogP contribution in [0.4, 0.5) is 13.2 Å². The SMILES string of the molecule is O=C(O)c1ccccc1CN1CCCC(C(F)(F)F)C1. The van der Waals surface area contributed by atoms with E-state index in [1.54, 1.807) is 23.1 Å². The first-order valence-corrected chi connectivity index (χ1v) is 6.48. The maximum Gasteiger partial charge on any atom is 0.393 e. The first kappa shape index (κ1) is 14.8. The molecule has 0 radical (unpaired) electrons. The normalized spacial score (nSPS) is 20.9. The zero-order valence-electron chi connectivity index (χ0n) is 10.9. The molecular formula is C14H16F3NO2. The van der Waals surface area contributed by atoms with Crippen molar-refractivity contribution in [3.05, 3.63) is 35.4 Å². The summed E-state index contributed by atoms with van der Waals surface area (Å²) in [6.07, 6.45) is -3.54. The number of benzene rings is 1. The summed E-state index contributed by atoms with van der Waals surface area (Å²) in [5.41, 5.74) is 0.712. The van der Waals surface area contributed by atoms with Gasteiger partial charge in [0.2, 0.25) is 0 Å². The van der Waals surface area contributed by atoms with Crippen molar-refractivity contribution < 1.29 is 23.1 Å². The maximum atomic E-state index is 12.7. The van der Waals surface area contributed by atoms with Crippen LogP contribution in [0.25, 0.3) is 0 Å². The topological polar surface area (TPSA) is 40.5 Å². The quantitative estimate of drug-likeness (QED) is 0.928. The van der Waals surface area contributed by atoms with E-state index in [4.69, 9.17) is 5.11 Å². The highest BCUT2D eigenvalue weighted by Gasteiger charge is 2.41. The number of carboxylic acid groups (broad SMARTS) is 1. The molecule has 1 aliphatic heterocycles. The van der Waals surface area contributed by atoms with E-state index in [1.807, 2.05) is 0 Å². The van der Waals surface area contributed by atoms with E-state index >= 15 is 0 Å². The first-order chi connectivity index (χ1) is 9.38. The Bertz CT molecular complexity index is 488. The third-order valence-electron chi connectivity index (χ3n) is 3.61. The molecule has 1 saturated heterocycles. The molecule has 2 rings (SSSR count). The van der Waals surface area contributed by atoms with Gasteiger partial charge < -0.3 is 5.11 Å². The number of alkyl halides is 3. The van der Waals surface area contributed by atoms with E-state index in [0.29, 0.717) is 18.5 Å². The van der Waals surface area contributed by atoms with Crippen molar-refractivity contribution in [1.82, 2.24) is 4.90 Å². The van der Waals surface area contributed by atoms with Crippen LogP contribution < -0.4 is 0 Å². The molecular weight excluding hydrogens is 271 g/mol. The number of nitrogens with zero attached hydrogens (tertiary/aromatic N) is 1. The highest BCUT2D eigenvalue weighted by atomic mass is 19.4. The van der Waals surface area contributed by atoms with Crippen molar-refractivity contribution in [3.63, 3.8) is 0 Å². The maximum absolute atomic E-state index is 12.7. The standard InChI is InChI=1S/C14H16F3NO2/c15-14(16,17)11-5-3-7-18(9-11)8-10-4-1-2-6-12(10)13(19)20/h1-2,4,6,11H,3,5,7-9H2,(H,19,20). The van der Waals surface area contributed by atoms with Gasteiger partial charge in [0.05, 0.1) is 11.5 Å². The van der Waals surface area contributed by atoms with Gasteiger partial charge >= 0.3 is 12.1 Å². The van der Waals surface area contributed by atoms with Crippen LogP contribution in [0.15, 0.2) is 24.3 Å². The molecule has 0 aliphatic carbocycles. The molecule has 3 nitrogen and oxygen atoms in total. The lowest BCUT2D eigenvalue weighted by atomic mass is 9.96. The van der Waals surface area contributed by atoms with Gasteiger partial charge in [0.15, 0.2) is 0 Å². The van der Waals surface area contributed by atoms with Crippen molar-refractivity contribution in [2.24, 2.45) is 5.92 Å². The molecule has 1 heterocycles. The fourth-order valence-electron chi connectivity index (χ4n) is 2.57. The molecule has 1 aromatic rings. The van der Waals surface area contributed by atoms with Crippen LogP contribution in [0, 0.1) is 5.92 Å². The number of halogens is 3. The Morgan fingerprint density at radius 2 is 2.05 bits per heavy atom. The molecule has 1 unspecified atom stereocenters. The number of likely N-dealkylation sites (tertiary alicyclic amines) is 1. The van der Waals surface area contributed by atoms with Crippen molar-refractivity contribution >= 4 is 5.97 Å². The van der Waals surface area contributed by atoms with Crippen molar-refractivity contribution in [1.29, 1.82) is 0 Å². The Balaban J connectivity index is 2.09. The average molecular weight is 287 g/mol. The van der Waals surface area contributed by atoms with Crippen LogP contribution in [0.5, 0.6) is 0 Å². The molecule has 1 aromatic carbocycles. The molecule has 0 aromatic heterocycles. The Labute approximate surface area is 115 Å². The fourth-order valence-corrected chi connectivity index (χ4v) is 2.57. The number of carbonyl (C=O) groups is 1. The van der Waals surface area contributed by atoms with Crippen molar-refractivity contribution in [2.45, 2.75) is 25.6 Å². The summed E-state index contributed by atoms with van der Waals surface area (Å²) in [6, 6.07) is 6.44. The van der Waals surface area contributed by atoms with Gasteiger partial charge in [-0.1, -0.05) is 18.2 Å². The largest absolute Gasteiger partial charge is 0.478 e. The van der Waals surface area contributed by atoms with E-state index in [2.05, 4.69) is 0 Å². The monoisotopic (exact) mass is 287 g/mol. The molecule has 0 bridgehead atoms. The zero-order valence-corrected chi connectivity index (χ0v) is 10.9. The van der Waals surface area contributed by atoms with Gasteiger partial charge in [-0.05, 0) is 31.0 Å². The van der Waals surface area contributed by atoms with Crippen LogP contribution in [-0.4, -0.2) is 35.2 Å². The van der Waals surface area contributed by atoms with Gasteiger partial charge in [0, 0.05) is 13.1 Å². The summed E-state index contributed by atoms with van der Waals surface area (Å²) in [6.45, 7) is 0.757. The second kappa shape index (κ2) is 5.83. The van der Waals surface area contributed by atoms with Gasteiger partial charge in [0.1, 0.15) is 0 Å². The number of carboxylic acids is 1. The Morgan fingerprint density at radius 3 is 2.70 bits per heavy atom. The Kier molecular flexibility index (Phi) is 4.32. The molecule has 6 heteroatoms. The number of piperidine rings is 1. The summed E-state index contributed by atoms with van der Waals surface area (Å²) < 4.78 is 38.2. The van der Waals surface area contributed by atoms with E-state index in [0.717, 1.165) is 0 Å². The summed E-state index contributed by atoms with van der Waals surface area (Å²) in [5, 5.41) is 9.08. The van der Waals surface area contributed by atoms with E-state index in [1.165, 1.54) is 6.07 Å². The second-order valence-corrected chi connectivity index (χ2v) is 5.08. The third-order valence-corrected chi connectivity index (χ3v) is 3.61. The van der Waals surface area contributed by atoms with E-state index in [-0.39, 0.29) is 25.1 Å². The van der Waals surface area contributed by atoms with Crippen LogP contribution in [0.1, 0.15) is 28.8 Å². The van der Waals surface area contributed by atoms with Gasteiger partial charge in [0.25, 0.3) is 0 Å². The summed E-state index contributed by atoms with van der Waals surface area (Å²) in [7, 11) is 0. The highest BCUT2D eigenvalue weighted by molar-refractivity contribution is 5.89. The summed E-state index contributed by atoms with van der Waals surface area (Å²) >= 11 is 0. The van der Waals surface area contributed by atoms with Crippen molar-refractivity contribution in [2.75, 3.05) is 13.1 Å². The van der Waals surface area contributed by atoms with Gasteiger partial charge in [-0.25, -0.2) is 4.79 Å². The highest BCUT2D eigenvalue weighted by Crippen LogP contribution is 2.33. The zero-order chi connectivity index (χ0) is 14.8. The fraction of sp³-hybridized carbons (Fsp3) is 0.500. The molecule has 1 N–H and O–H groups in total. The van der Waals surface area contributed by atoms with Gasteiger partial charge in [-0.3, -0.25) is 4.90 Å². The van der Waals surface area contributed by atoms with Crippen LogP contribution in [0.2, 0.25) is 0 Å². The number of hydrogen-bond acceptors (Lipinski definition) is 2. The van der Waals surface area contributed by atoms with Crippen LogP contribution in [-0.2, 0) is 6.54 Å². The Morgan fingerprint density at radius 1 is 1.35 bits per heavy atom. The minimum absolute atomic E-state index is 0.0581. The lowest BCUT2D eigenvalue weighted by Gasteiger charge is -2.33. The average Bonchev–Trinajstić information content (AvgIpc) is 2.38. The summed E-state index contributed by atoms with van der Waals surface area (Å²) in [5.74, 6) is -2.36. The van der Waals surface area contributed by atoms with Gasteiger partial charge in [-0.15, -0.1) is 0 Å². The lowest BCUT2D eigenvalue weighted by Crippen LogP contribution is -2.41. The first-order valence-electron chi connectivity index (χ1n) is 6.48. The molecule has 0 amide bonds. The number of hydrogen-bond donors (Lipinski definition) is 1. The minimum Gasteiger partial charge on any atom is -0.478 e. The molecule has 1 atom stereocenters. The molecule has 0 saturated carbocycles. The van der Waals surface area contributed by atoms with E-state index < -0.39 is 18.1 Å². The van der Waals surface area contributed by atoms with Gasteiger partial charge in [-0.2, -0.15) is 13.2 Å². The third kappa shape index (κ3) is 3.50. The predicted molar refractivity (Wildman–Crippen MR) is 67.5 cm³/mol. The number of rotatable bonds is 3. The molecule has 0 spiro atoms. The van der Waals surface area contributed by atoms with E-state index in [9.17, 15) is 18.0 Å². The van der Waals surface area contributed by atoms with Crippen LogP contribution in [0.3, 0.4) is 0 Å². The smallest absolute Gasteiger partial charge is 0.393 e. The molecule has 110 valence electrons. The predicted octanol–water partition coefficient (Wildman–Crippen LogP) is 3.16. The lowest BCUT2D eigenvalue weighted by molar-refractivity contribution is -0.187. The molecule has 1 fully saturated rings.